The SMILES string of the molecule is COCc1cccc(CNCc2ccco2)c1. The third-order valence-corrected chi connectivity index (χ3v) is 2.51. The van der Waals surface area contributed by atoms with Crippen LogP contribution in [0.4, 0.5) is 0 Å². The maximum atomic E-state index is 5.25. The van der Waals surface area contributed by atoms with Crippen molar-refractivity contribution in [3.8, 4) is 0 Å². The van der Waals surface area contributed by atoms with Gasteiger partial charge in [0, 0.05) is 13.7 Å². The second-order valence-electron chi connectivity index (χ2n) is 3.94. The van der Waals surface area contributed by atoms with E-state index in [2.05, 4.69) is 29.6 Å². The Bertz CT molecular complexity index is 437. The van der Waals surface area contributed by atoms with E-state index in [0.717, 1.165) is 18.8 Å². The lowest BCUT2D eigenvalue weighted by molar-refractivity contribution is 0.185. The number of hydrogen-bond acceptors (Lipinski definition) is 3. The number of nitrogens with one attached hydrogen (secondary N) is 1. The number of furan rings is 1. The molecule has 1 aromatic carbocycles. The van der Waals surface area contributed by atoms with E-state index in [4.69, 9.17) is 9.15 Å². The summed E-state index contributed by atoms with van der Waals surface area (Å²) in [5.74, 6) is 0.957. The molecule has 0 radical (unpaired) electrons. The molecule has 3 heteroatoms. The van der Waals surface area contributed by atoms with Crippen LogP contribution in [0.5, 0.6) is 0 Å². The van der Waals surface area contributed by atoms with E-state index in [9.17, 15) is 0 Å². The quantitative estimate of drug-likeness (QED) is 0.830. The Balaban J connectivity index is 1.84. The van der Waals surface area contributed by atoms with Gasteiger partial charge in [-0.05, 0) is 23.3 Å². The van der Waals surface area contributed by atoms with Gasteiger partial charge >= 0.3 is 0 Å². The average molecular weight is 231 g/mol. The van der Waals surface area contributed by atoms with Gasteiger partial charge in [-0.2, -0.15) is 0 Å². The smallest absolute Gasteiger partial charge is 0.117 e. The van der Waals surface area contributed by atoms with Crippen molar-refractivity contribution in [3.05, 3.63) is 59.5 Å². The van der Waals surface area contributed by atoms with Crippen LogP contribution in [-0.2, 0) is 24.4 Å². The zero-order chi connectivity index (χ0) is 11.9. The summed E-state index contributed by atoms with van der Waals surface area (Å²) in [6.07, 6.45) is 1.69. The maximum absolute atomic E-state index is 5.25. The minimum absolute atomic E-state index is 0.659. The summed E-state index contributed by atoms with van der Waals surface area (Å²) in [6, 6.07) is 12.2. The minimum atomic E-state index is 0.659. The van der Waals surface area contributed by atoms with Gasteiger partial charge in [0.05, 0.1) is 19.4 Å². The van der Waals surface area contributed by atoms with Gasteiger partial charge in [0.2, 0.25) is 0 Å². The van der Waals surface area contributed by atoms with E-state index in [1.165, 1.54) is 11.1 Å². The van der Waals surface area contributed by atoms with Crippen LogP contribution in [0.1, 0.15) is 16.9 Å². The van der Waals surface area contributed by atoms with Crippen molar-refractivity contribution in [2.45, 2.75) is 19.7 Å². The predicted molar refractivity (Wildman–Crippen MR) is 66.4 cm³/mol. The van der Waals surface area contributed by atoms with Crippen LogP contribution in [0, 0.1) is 0 Å². The lowest BCUT2D eigenvalue weighted by Gasteiger charge is -2.05. The van der Waals surface area contributed by atoms with Gasteiger partial charge in [-0.15, -0.1) is 0 Å². The van der Waals surface area contributed by atoms with Gasteiger partial charge in [-0.3, -0.25) is 0 Å². The number of ether oxygens (including phenoxy) is 1. The number of hydrogen-bond donors (Lipinski definition) is 1. The summed E-state index contributed by atoms with van der Waals surface area (Å²) in [6.45, 7) is 2.24. The molecule has 0 saturated carbocycles. The molecule has 3 nitrogen and oxygen atoms in total. The molecule has 1 aromatic heterocycles. The highest BCUT2D eigenvalue weighted by atomic mass is 16.5. The molecule has 90 valence electrons. The highest BCUT2D eigenvalue weighted by molar-refractivity contribution is 5.22. The van der Waals surface area contributed by atoms with Crippen LogP contribution < -0.4 is 5.32 Å². The Morgan fingerprint density at radius 2 is 2.00 bits per heavy atom. The first-order chi connectivity index (χ1) is 8.38. The first-order valence-electron chi connectivity index (χ1n) is 5.68. The molecule has 0 fully saturated rings. The fourth-order valence-corrected chi connectivity index (χ4v) is 1.74. The lowest BCUT2D eigenvalue weighted by atomic mass is 10.1. The van der Waals surface area contributed by atoms with Crippen LogP contribution in [0.15, 0.2) is 47.1 Å². The zero-order valence-electron chi connectivity index (χ0n) is 9.98. The van der Waals surface area contributed by atoms with Gasteiger partial charge in [0.1, 0.15) is 5.76 Å². The Hall–Kier alpha value is -1.58. The van der Waals surface area contributed by atoms with Gasteiger partial charge in [-0.25, -0.2) is 0 Å². The second kappa shape index (κ2) is 6.23. The Labute approximate surface area is 101 Å². The molecular weight excluding hydrogens is 214 g/mol. The third-order valence-electron chi connectivity index (χ3n) is 2.51. The summed E-state index contributed by atoms with van der Waals surface area (Å²) in [7, 11) is 1.71. The van der Waals surface area contributed by atoms with E-state index >= 15 is 0 Å². The molecule has 0 aliphatic rings. The molecule has 0 spiro atoms. The van der Waals surface area contributed by atoms with Crippen molar-refractivity contribution < 1.29 is 9.15 Å². The Morgan fingerprint density at radius 1 is 1.12 bits per heavy atom. The van der Waals surface area contributed by atoms with Crippen LogP contribution >= 0.6 is 0 Å². The molecule has 17 heavy (non-hydrogen) atoms. The van der Waals surface area contributed by atoms with E-state index in [1.807, 2.05) is 12.1 Å². The van der Waals surface area contributed by atoms with Crippen molar-refractivity contribution in [2.24, 2.45) is 0 Å². The first kappa shape index (κ1) is 11.9. The third kappa shape index (κ3) is 3.73. The molecule has 0 atom stereocenters. The molecule has 0 unspecified atom stereocenters. The number of rotatable bonds is 6. The summed E-state index contributed by atoms with van der Waals surface area (Å²) in [4.78, 5) is 0. The molecule has 0 saturated heterocycles. The Kier molecular flexibility index (Phi) is 4.36. The normalized spacial score (nSPS) is 10.6. The molecule has 0 bridgehead atoms. The number of benzene rings is 1. The standard InChI is InChI=1S/C14H17NO2/c1-16-11-13-5-2-4-12(8-13)9-15-10-14-6-3-7-17-14/h2-8,15H,9-11H2,1H3. The van der Waals surface area contributed by atoms with Gasteiger partial charge in [0.15, 0.2) is 0 Å². The molecule has 2 rings (SSSR count). The van der Waals surface area contributed by atoms with Crippen LogP contribution in [0.25, 0.3) is 0 Å². The van der Waals surface area contributed by atoms with Crippen LogP contribution in [0.2, 0.25) is 0 Å². The highest BCUT2D eigenvalue weighted by Crippen LogP contribution is 2.07. The van der Waals surface area contributed by atoms with Gasteiger partial charge in [0.25, 0.3) is 0 Å². The number of methoxy groups -OCH3 is 1. The van der Waals surface area contributed by atoms with E-state index in [0.29, 0.717) is 6.61 Å². The maximum Gasteiger partial charge on any atom is 0.117 e. The topological polar surface area (TPSA) is 34.4 Å². The molecular formula is C14H17NO2. The van der Waals surface area contributed by atoms with Crippen molar-refractivity contribution >= 4 is 0 Å². The highest BCUT2D eigenvalue weighted by Gasteiger charge is 1.97. The lowest BCUT2D eigenvalue weighted by Crippen LogP contribution is -2.12. The average Bonchev–Trinajstić information content (AvgIpc) is 2.83. The summed E-state index contributed by atoms with van der Waals surface area (Å²) in [5.41, 5.74) is 2.45. The molecule has 2 aromatic rings. The molecule has 0 amide bonds. The van der Waals surface area contributed by atoms with Gasteiger partial charge < -0.3 is 14.5 Å². The fourth-order valence-electron chi connectivity index (χ4n) is 1.74. The van der Waals surface area contributed by atoms with Crippen molar-refractivity contribution in [2.75, 3.05) is 7.11 Å². The molecule has 1 N–H and O–H groups in total. The van der Waals surface area contributed by atoms with Crippen LogP contribution in [0.3, 0.4) is 0 Å². The largest absolute Gasteiger partial charge is 0.468 e. The predicted octanol–water partition coefficient (Wildman–Crippen LogP) is 2.72. The summed E-state index contributed by atoms with van der Waals surface area (Å²) in [5, 5.41) is 3.34. The first-order valence-corrected chi connectivity index (χ1v) is 5.68. The van der Waals surface area contributed by atoms with Crippen molar-refractivity contribution in [1.29, 1.82) is 0 Å². The molecule has 0 aliphatic carbocycles. The van der Waals surface area contributed by atoms with Crippen molar-refractivity contribution in [1.82, 2.24) is 5.32 Å². The molecule has 1 heterocycles. The fraction of sp³-hybridized carbons (Fsp3) is 0.286. The van der Waals surface area contributed by atoms with E-state index in [1.54, 1.807) is 13.4 Å². The van der Waals surface area contributed by atoms with E-state index in [-0.39, 0.29) is 0 Å². The minimum Gasteiger partial charge on any atom is -0.468 e. The molecule has 0 aliphatic heterocycles. The second-order valence-corrected chi connectivity index (χ2v) is 3.94. The van der Waals surface area contributed by atoms with Gasteiger partial charge in [-0.1, -0.05) is 24.3 Å². The zero-order valence-corrected chi connectivity index (χ0v) is 9.98. The van der Waals surface area contributed by atoms with E-state index < -0.39 is 0 Å². The van der Waals surface area contributed by atoms with Crippen molar-refractivity contribution in [3.63, 3.8) is 0 Å². The summed E-state index contributed by atoms with van der Waals surface area (Å²) < 4.78 is 10.4. The summed E-state index contributed by atoms with van der Waals surface area (Å²) >= 11 is 0. The monoisotopic (exact) mass is 231 g/mol. The Morgan fingerprint density at radius 3 is 2.76 bits per heavy atom. The van der Waals surface area contributed by atoms with Crippen LogP contribution in [-0.4, -0.2) is 7.11 Å².